The van der Waals surface area contributed by atoms with E-state index >= 15 is 0 Å². The zero-order valence-corrected chi connectivity index (χ0v) is 23.6. The first kappa shape index (κ1) is 32.5. The lowest BCUT2D eigenvalue weighted by molar-refractivity contribution is -0.128. The highest BCUT2D eigenvalue weighted by Crippen LogP contribution is 2.44. The molecule has 0 saturated heterocycles. The minimum Gasteiger partial charge on any atom is -0.299 e. The molecule has 0 radical (unpaired) electrons. The summed E-state index contributed by atoms with van der Waals surface area (Å²) in [6, 6.07) is 0. The second-order valence-corrected chi connectivity index (χ2v) is 11.8. The fraction of sp³-hybridized carbons (Fsp3) is 0.931. The molecule has 0 rings (SSSR count). The van der Waals surface area contributed by atoms with Gasteiger partial charge in [-0.1, -0.05) is 102 Å². The van der Waals surface area contributed by atoms with Gasteiger partial charge in [-0.25, -0.2) is 0 Å². The second-order valence-electron chi connectivity index (χ2n) is 11.8. The Labute approximate surface area is 196 Å². The summed E-state index contributed by atoms with van der Waals surface area (Å²) in [6.45, 7) is 26.2. The van der Waals surface area contributed by atoms with E-state index < -0.39 is 0 Å². The first-order chi connectivity index (χ1) is 14.1. The van der Waals surface area contributed by atoms with Crippen molar-refractivity contribution in [2.45, 2.75) is 154 Å². The lowest BCUT2D eigenvalue weighted by Crippen LogP contribution is -2.28. The molecule has 0 aliphatic carbocycles. The van der Waals surface area contributed by atoms with Crippen LogP contribution in [0.5, 0.6) is 0 Å². The van der Waals surface area contributed by atoms with Gasteiger partial charge in [-0.05, 0) is 49.4 Å². The number of rotatable bonds is 15. The van der Waals surface area contributed by atoms with E-state index in [1.807, 2.05) is 20.8 Å². The average molecular weight is 439 g/mol. The molecule has 1 atom stereocenters. The van der Waals surface area contributed by atoms with Gasteiger partial charge in [0.2, 0.25) is 0 Å². The monoisotopic (exact) mass is 438 g/mol. The summed E-state index contributed by atoms with van der Waals surface area (Å²) in [5.74, 6) is 0.842. The van der Waals surface area contributed by atoms with Gasteiger partial charge in [0, 0.05) is 23.7 Å². The molecule has 2 heteroatoms. The highest BCUT2D eigenvalue weighted by Gasteiger charge is 2.32. The standard InChI is InChI=1S/C20H40O.C9H18O/c1-9-18(5,6)17(21)14-13-15-20(8,12-4)16-19(7,10-2)11-3;1-5-7-8(10)9(3,4)6-2/h9-16H2,1-8H3;5-7H2,1-4H3. The molecule has 1 unspecified atom stereocenters. The van der Waals surface area contributed by atoms with Gasteiger partial charge in [-0.15, -0.1) is 0 Å². The third kappa shape index (κ3) is 12.2. The number of carbonyl (C=O) groups is 2. The highest BCUT2D eigenvalue weighted by atomic mass is 16.1. The Morgan fingerprint density at radius 2 is 0.935 bits per heavy atom. The van der Waals surface area contributed by atoms with Crippen molar-refractivity contribution in [1.82, 2.24) is 0 Å². The topological polar surface area (TPSA) is 34.1 Å². The zero-order chi connectivity index (χ0) is 24.9. The van der Waals surface area contributed by atoms with Gasteiger partial charge in [0.1, 0.15) is 11.6 Å². The molecule has 0 aromatic carbocycles. The average Bonchev–Trinajstić information content (AvgIpc) is 2.74. The predicted octanol–water partition coefficient (Wildman–Crippen LogP) is 9.59. The summed E-state index contributed by atoms with van der Waals surface area (Å²) in [4.78, 5) is 23.6. The van der Waals surface area contributed by atoms with Crippen LogP contribution in [0.3, 0.4) is 0 Å². The SMILES string of the molecule is CCC(C)(CC)CC(C)(CC)CCCC(=O)C(C)(C)CC.CCCC(=O)C(C)(C)CC. The number of carbonyl (C=O) groups excluding carboxylic acids is 2. The number of hydrogen-bond acceptors (Lipinski definition) is 2. The van der Waals surface area contributed by atoms with Crippen molar-refractivity contribution < 1.29 is 9.59 Å². The quantitative estimate of drug-likeness (QED) is 0.255. The first-order valence-electron chi connectivity index (χ1n) is 13.2. The van der Waals surface area contributed by atoms with Crippen LogP contribution in [0.15, 0.2) is 0 Å². The van der Waals surface area contributed by atoms with Crippen LogP contribution in [0.4, 0.5) is 0 Å². The fourth-order valence-corrected chi connectivity index (χ4v) is 3.89. The van der Waals surface area contributed by atoms with Crippen molar-refractivity contribution in [3.8, 4) is 0 Å². The Morgan fingerprint density at radius 1 is 0.548 bits per heavy atom. The van der Waals surface area contributed by atoms with E-state index in [1.54, 1.807) is 0 Å². The number of hydrogen-bond donors (Lipinski definition) is 0. The summed E-state index contributed by atoms with van der Waals surface area (Å²) in [5, 5.41) is 0. The maximum atomic E-state index is 12.3. The second kappa shape index (κ2) is 14.5. The highest BCUT2D eigenvalue weighted by molar-refractivity contribution is 5.84. The molecule has 31 heavy (non-hydrogen) atoms. The molecule has 0 spiro atoms. The van der Waals surface area contributed by atoms with Crippen LogP contribution in [-0.4, -0.2) is 11.6 Å². The lowest BCUT2D eigenvalue weighted by atomic mass is 9.67. The Bertz CT molecular complexity index is 511. The molecule has 0 aromatic heterocycles. The van der Waals surface area contributed by atoms with Crippen LogP contribution < -0.4 is 0 Å². The van der Waals surface area contributed by atoms with Crippen LogP contribution in [0.25, 0.3) is 0 Å². The van der Waals surface area contributed by atoms with Gasteiger partial charge in [0.25, 0.3) is 0 Å². The van der Waals surface area contributed by atoms with Gasteiger partial charge in [0.05, 0.1) is 0 Å². The summed E-state index contributed by atoms with van der Waals surface area (Å²) in [6.07, 6.45) is 11.6. The molecule has 0 N–H and O–H groups in total. The summed E-state index contributed by atoms with van der Waals surface area (Å²) >= 11 is 0. The van der Waals surface area contributed by atoms with Crippen LogP contribution in [0.2, 0.25) is 0 Å². The predicted molar refractivity (Wildman–Crippen MR) is 139 cm³/mol. The normalized spacial score (nSPS) is 14.5. The van der Waals surface area contributed by atoms with Crippen LogP contribution in [0, 0.1) is 21.7 Å². The largest absolute Gasteiger partial charge is 0.299 e. The van der Waals surface area contributed by atoms with E-state index in [-0.39, 0.29) is 10.8 Å². The van der Waals surface area contributed by atoms with Crippen molar-refractivity contribution >= 4 is 11.6 Å². The van der Waals surface area contributed by atoms with E-state index in [0.717, 1.165) is 38.5 Å². The molecular formula is C29H58O2. The molecule has 2 nitrogen and oxygen atoms in total. The Balaban J connectivity index is 0. The van der Waals surface area contributed by atoms with Gasteiger partial charge < -0.3 is 0 Å². The molecule has 0 amide bonds. The molecule has 0 saturated carbocycles. The molecule has 0 aliphatic heterocycles. The number of ketones is 2. The van der Waals surface area contributed by atoms with Crippen LogP contribution in [-0.2, 0) is 9.59 Å². The molecule has 0 bridgehead atoms. The number of Topliss-reactive ketones (excluding diaryl/α,β-unsaturated/α-hetero) is 2. The first-order valence-corrected chi connectivity index (χ1v) is 13.2. The smallest absolute Gasteiger partial charge is 0.138 e. The third-order valence-corrected chi connectivity index (χ3v) is 8.35. The van der Waals surface area contributed by atoms with E-state index in [1.165, 1.54) is 32.1 Å². The molecule has 0 heterocycles. The van der Waals surface area contributed by atoms with Crippen molar-refractivity contribution in [1.29, 1.82) is 0 Å². The Morgan fingerprint density at radius 3 is 1.26 bits per heavy atom. The molecule has 0 fully saturated rings. The molecule has 0 aromatic rings. The van der Waals surface area contributed by atoms with Crippen molar-refractivity contribution in [2.24, 2.45) is 21.7 Å². The van der Waals surface area contributed by atoms with E-state index in [0.29, 0.717) is 22.4 Å². The van der Waals surface area contributed by atoms with Gasteiger partial charge in [-0.3, -0.25) is 9.59 Å². The fourth-order valence-electron chi connectivity index (χ4n) is 3.89. The zero-order valence-electron chi connectivity index (χ0n) is 23.6. The molecular weight excluding hydrogens is 380 g/mol. The van der Waals surface area contributed by atoms with E-state index in [4.69, 9.17) is 0 Å². The minimum absolute atomic E-state index is 0.0873. The van der Waals surface area contributed by atoms with E-state index in [9.17, 15) is 9.59 Å². The maximum absolute atomic E-state index is 12.3. The molecule has 186 valence electrons. The summed E-state index contributed by atoms with van der Waals surface area (Å²) < 4.78 is 0. The lowest BCUT2D eigenvalue weighted by Gasteiger charge is -2.39. The van der Waals surface area contributed by atoms with Crippen molar-refractivity contribution in [3.05, 3.63) is 0 Å². The summed E-state index contributed by atoms with van der Waals surface area (Å²) in [7, 11) is 0. The maximum Gasteiger partial charge on any atom is 0.138 e. The van der Waals surface area contributed by atoms with Gasteiger partial charge in [-0.2, -0.15) is 0 Å². The van der Waals surface area contributed by atoms with Crippen molar-refractivity contribution in [3.63, 3.8) is 0 Å². The van der Waals surface area contributed by atoms with Gasteiger partial charge in [0.15, 0.2) is 0 Å². The van der Waals surface area contributed by atoms with Gasteiger partial charge >= 0.3 is 0 Å². The van der Waals surface area contributed by atoms with Crippen LogP contribution in [0.1, 0.15) is 154 Å². The Kier molecular flexibility index (Phi) is 15.2. The molecule has 0 aliphatic rings. The van der Waals surface area contributed by atoms with E-state index in [2.05, 4.69) is 62.3 Å². The summed E-state index contributed by atoms with van der Waals surface area (Å²) in [5.41, 5.74) is 0.620. The van der Waals surface area contributed by atoms with Crippen LogP contribution >= 0.6 is 0 Å². The Hall–Kier alpha value is -0.660. The van der Waals surface area contributed by atoms with Crippen molar-refractivity contribution in [2.75, 3.05) is 0 Å². The third-order valence-electron chi connectivity index (χ3n) is 8.35. The minimum atomic E-state index is -0.135.